The molecule has 3 unspecified atom stereocenters. The van der Waals surface area contributed by atoms with Gasteiger partial charge in [0.25, 0.3) is 0 Å². The van der Waals surface area contributed by atoms with E-state index < -0.39 is 6.13 Å². The number of hydrogen-bond donors (Lipinski definition) is 0. The zero-order chi connectivity index (χ0) is 15.2. The fourth-order valence-electron chi connectivity index (χ4n) is 2.17. The fourth-order valence-corrected chi connectivity index (χ4v) is 5.44. The summed E-state index contributed by atoms with van der Waals surface area (Å²) in [6.45, 7) is 9.96. The Balaban J connectivity index is 3.80. The van der Waals surface area contributed by atoms with Gasteiger partial charge in [0.1, 0.15) is 6.13 Å². The molecule has 4 heteroatoms. The van der Waals surface area contributed by atoms with Crippen molar-refractivity contribution in [3.8, 4) is 0 Å². The van der Waals surface area contributed by atoms with Gasteiger partial charge in [0.05, 0.1) is 6.61 Å². The van der Waals surface area contributed by atoms with E-state index in [1.54, 1.807) is 0 Å². The van der Waals surface area contributed by atoms with Crippen LogP contribution in [0.5, 0.6) is 0 Å². The van der Waals surface area contributed by atoms with E-state index in [4.69, 9.17) is 16.3 Å². The molecule has 121 valence electrons. The van der Waals surface area contributed by atoms with Gasteiger partial charge in [-0.25, -0.2) is 0 Å². The molecule has 0 aromatic carbocycles. The van der Waals surface area contributed by atoms with E-state index in [1.165, 1.54) is 57.1 Å². The molecule has 0 aromatic heterocycles. The third-order valence-corrected chi connectivity index (χ3v) is 7.77. The summed E-state index contributed by atoms with van der Waals surface area (Å²) >= 11 is 7.39. The van der Waals surface area contributed by atoms with Gasteiger partial charge in [-0.15, -0.1) is 0 Å². The van der Waals surface area contributed by atoms with Gasteiger partial charge in [-0.2, -0.15) is 0 Å². The van der Waals surface area contributed by atoms with Crippen LogP contribution in [0.2, 0.25) is 0 Å². The molecular formula is C16H34OPS2. The summed E-state index contributed by atoms with van der Waals surface area (Å²) in [6, 6.07) is 0. The molecule has 0 aromatic rings. The monoisotopic (exact) mass is 337 g/mol. The Morgan fingerprint density at radius 1 is 0.950 bits per heavy atom. The number of unbranched alkanes of at least 4 members (excludes halogenated alkanes) is 2. The second kappa shape index (κ2) is 14.8. The van der Waals surface area contributed by atoms with Crippen LogP contribution in [0.1, 0.15) is 79.1 Å². The highest BCUT2D eigenvalue weighted by atomic mass is 32.9. The molecule has 0 aliphatic carbocycles. The Kier molecular flexibility index (Phi) is 15.4. The van der Waals surface area contributed by atoms with E-state index in [-0.39, 0.29) is 0 Å². The van der Waals surface area contributed by atoms with E-state index >= 15 is 0 Å². The molecule has 20 heavy (non-hydrogen) atoms. The molecule has 0 fully saturated rings. The number of hydrogen-bond acceptors (Lipinski definition) is 3. The van der Waals surface area contributed by atoms with Crippen LogP contribution < -0.4 is 0 Å². The Morgan fingerprint density at radius 2 is 1.50 bits per heavy atom. The first-order valence-corrected chi connectivity index (χ1v) is 12.3. The van der Waals surface area contributed by atoms with E-state index in [0.717, 1.165) is 12.5 Å². The standard InChI is InChI=1S/C16H34OPS2/c1-5-9-11-15(7-3)13-17-18(19)20-14-16(8-4)12-10-6-2/h15-16H,5-14H2,1-4H3. The van der Waals surface area contributed by atoms with Crippen molar-refractivity contribution in [1.82, 2.24) is 0 Å². The maximum Gasteiger partial charge on any atom is 0.115 e. The van der Waals surface area contributed by atoms with Gasteiger partial charge in [0, 0.05) is 5.75 Å². The average Bonchev–Trinajstić information content (AvgIpc) is 2.47. The Morgan fingerprint density at radius 3 is 2.00 bits per heavy atom. The zero-order valence-corrected chi connectivity index (χ0v) is 16.4. The predicted octanol–water partition coefficient (Wildman–Crippen LogP) is 6.94. The lowest BCUT2D eigenvalue weighted by molar-refractivity contribution is 0.263. The lowest BCUT2D eigenvalue weighted by Crippen LogP contribution is -2.06. The molecule has 0 N–H and O–H groups in total. The highest BCUT2D eigenvalue weighted by Crippen LogP contribution is 2.42. The van der Waals surface area contributed by atoms with Gasteiger partial charge in [0.2, 0.25) is 0 Å². The molecule has 0 bridgehead atoms. The Hall–Kier alpha value is 0.830. The molecule has 0 saturated carbocycles. The molecule has 0 spiro atoms. The van der Waals surface area contributed by atoms with Gasteiger partial charge in [-0.3, -0.25) is 0 Å². The van der Waals surface area contributed by atoms with Gasteiger partial charge in [-0.05, 0) is 36.5 Å². The lowest BCUT2D eigenvalue weighted by Gasteiger charge is -2.17. The Labute approximate surface area is 137 Å². The van der Waals surface area contributed by atoms with Gasteiger partial charge < -0.3 is 4.52 Å². The average molecular weight is 338 g/mol. The lowest BCUT2D eigenvalue weighted by atomic mass is 10.0. The molecule has 0 aliphatic rings. The quantitative estimate of drug-likeness (QED) is 0.318. The molecule has 1 nitrogen and oxygen atoms in total. The van der Waals surface area contributed by atoms with E-state index in [9.17, 15) is 0 Å². The minimum Gasteiger partial charge on any atom is -0.317 e. The largest absolute Gasteiger partial charge is 0.317 e. The van der Waals surface area contributed by atoms with Crippen LogP contribution in [0.25, 0.3) is 0 Å². The third-order valence-electron chi connectivity index (χ3n) is 3.92. The minimum atomic E-state index is -0.687. The fraction of sp³-hybridized carbons (Fsp3) is 1.00. The second-order valence-electron chi connectivity index (χ2n) is 5.65. The molecular weight excluding hydrogens is 303 g/mol. The molecule has 0 rings (SSSR count). The van der Waals surface area contributed by atoms with E-state index in [1.807, 2.05) is 11.4 Å². The van der Waals surface area contributed by atoms with Crippen molar-refractivity contribution < 1.29 is 4.52 Å². The van der Waals surface area contributed by atoms with Crippen molar-refractivity contribution in [2.75, 3.05) is 12.4 Å². The van der Waals surface area contributed by atoms with E-state index in [2.05, 4.69) is 27.7 Å². The van der Waals surface area contributed by atoms with Crippen molar-refractivity contribution >= 4 is 29.3 Å². The highest BCUT2D eigenvalue weighted by Gasteiger charge is 2.10. The van der Waals surface area contributed by atoms with Gasteiger partial charge >= 0.3 is 0 Å². The molecule has 0 aliphatic heterocycles. The number of rotatable bonds is 14. The van der Waals surface area contributed by atoms with Crippen LogP contribution in [0, 0.1) is 11.8 Å². The summed E-state index contributed by atoms with van der Waals surface area (Å²) in [4.78, 5) is 0. The topological polar surface area (TPSA) is 9.23 Å². The molecule has 1 radical (unpaired) electrons. The molecule has 0 amide bonds. The van der Waals surface area contributed by atoms with Gasteiger partial charge in [0.15, 0.2) is 0 Å². The molecule has 3 atom stereocenters. The van der Waals surface area contributed by atoms with Crippen molar-refractivity contribution in [1.29, 1.82) is 0 Å². The van der Waals surface area contributed by atoms with Crippen LogP contribution >= 0.6 is 17.5 Å². The minimum absolute atomic E-state index is 0.687. The van der Waals surface area contributed by atoms with Crippen molar-refractivity contribution in [3.05, 3.63) is 0 Å². The SMILES string of the molecule is CCCCC(CC)CO[P](=S)SCC(CC)CCCC. The van der Waals surface area contributed by atoms with Gasteiger partial charge in [-0.1, -0.05) is 77.6 Å². The highest BCUT2D eigenvalue weighted by molar-refractivity contribution is 8.62. The van der Waals surface area contributed by atoms with Crippen molar-refractivity contribution in [2.45, 2.75) is 79.1 Å². The molecule has 0 saturated heterocycles. The summed E-state index contributed by atoms with van der Waals surface area (Å²) < 4.78 is 5.93. The predicted molar refractivity (Wildman–Crippen MR) is 99.3 cm³/mol. The summed E-state index contributed by atoms with van der Waals surface area (Å²) in [7, 11) is 0. The second-order valence-corrected chi connectivity index (χ2v) is 10.4. The first-order chi connectivity index (χ1) is 9.67. The van der Waals surface area contributed by atoms with E-state index in [0.29, 0.717) is 5.92 Å². The molecule has 0 heterocycles. The van der Waals surface area contributed by atoms with Crippen LogP contribution in [0.4, 0.5) is 0 Å². The smallest absolute Gasteiger partial charge is 0.115 e. The zero-order valence-electron chi connectivity index (χ0n) is 13.9. The van der Waals surface area contributed by atoms with Crippen LogP contribution in [-0.2, 0) is 16.3 Å². The summed E-state index contributed by atoms with van der Waals surface area (Å²) in [5.41, 5.74) is 0. The first-order valence-electron chi connectivity index (χ1n) is 8.40. The van der Waals surface area contributed by atoms with Crippen LogP contribution in [-0.4, -0.2) is 12.4 Å². The van der Waals surface area contributed by atoms with Crippen molar-refractivity contribution in [3.63, 3.8) is 0 Å². The van der Waals surface area contributed by atoms with Crippen LogP contribution in [0.3, 0.4) is 0 Å². The summed E-state index contributed by atoms with van der Waals surface area (Å²) in [6.07, 6.45) is 9.71. The first kappa shape index (κ1) is 20.8. The Bertz CT molecular complexity index is 215. The normalized spacial score (nSPS) is 15.1. The van der Waals surface area contributed by atoms with Crippen LogP contribution in [0.15, 0.2) is 0 Å². The third kappa shape index (κ3) is 11.5. The summed E-state index contributed by atoms with van der Waals surface area (Å²) in [5.74, 6) is 2.74. The van der Waals surface area contributed by atoms with Crippen molar-refractivity contribution in [2.24, 2.45) is 11.8 Å². The maximum atomic E-state index is 5.93. The summed E-state index contributed by atoms with van der Waals surface area (Å²) in [5, 5.41) is 0. The maximum absolute atomic E-state index is 5.93.